The minimum atomic E-state index is -1.19. The zero-order valence-corrected chi connectivity index (χ0v) is 14.6. The predicted octanol–water partition coefficient (Wildman–Crippen LogP) is 1.86. The van der Waals surface area contributed by atoms with Gasteiger partial charge in [-0.2, -0.15) is 5.10 Å². The van der Waals surface area contributed by atoms with Crippen LogP contribution in [0, 0.1) is 5.82 Å². The zero-order valence-electron chi connectivity index (χ0n) is 14.6. The second kappa shape index (κ2) is 6.60. The van der Waals surface area contributed by atoms with Crippen molar-refractivity contribution >= 4 is 11.6 Å². The van der Waals surface area contributed by atoms with Crippen molar-refractivity contribution in [1.82, 2.24) is 19.7 Å². The second-order valence-corrected chi connectivity index (χ2v) is 6.30. The fourth-order valence-electron chi connectivity index (χ4n) is 3.35. The summed E-state index contributed by atoms with van der Waals surface area (Å²) >= 11 is 0. The third-order valence-electron chi connectivity index (χ3n) is 4.68. The van der Waals surface area contributed by atoms with Gasteiger partial charge in [-0.3, -0.25) is 0 Å². The summed E-state index contributed by atoms with van der Waals surface area (Å²) in [5.74, 6) is -0.643. The van der Waals surface area contributed by atoms with E-state index in [4.69, 9.17) is 15.3 Å². The molecule has 4 rings (SSSR count). The second-order valence-electron chi connectivity index (χ2n) is 6.30. The van der Waals surface area contributed by atoms with E-state index in [-0.39, 0.29) is 5.56 Å². The van der Waals surface area contributed by atoms with Gasteiger partial charge in [0, 0.05) is 24.5 Å². The topological polar surface area (TPSA) is 95.0 Å². The summed E-state index contributed by atoms with van der Waals surface area (Å²) in [5, 5.41) is 5.46. The molecule has 0 spiro atoms. The van der Waals surface area contributed by atoms with Crippen LogP contribution in [-0.4, -0.2) is 39.3 Å². The molecule has 0 amide bonds. The molecule has 0 unspecified atom stereocenters. The molecule has 8 nitrogen and oxygen atoms in total. The van der Waals surface area contributed by atoms with E-state index >= 15 is 0 Å². The molecule has 0 radical (unpaired) electrons. The van der Waals surface area contributed by atoms with E-state index in [1.165, 1.54) is 41.1 Å². The van der Waals surface area contributed by atoms with Gasteiger partial charge in [0.1, 0.15) is 22.8 Å². The first-order valence-electron chi connectivity index (χ1n) is 8.44. The molecule has 2 aromatic heterocycles. The number of fused-ring (bicyclic) bond motifs is 1. The van der Waals surface area contributed by atoms with Crippen LogP contribution in [0.15, 0.2) is 42.9 Å². The summed E-state index contributed by atoms with van der Waals surface area (Å²) in [6, 6.07) is 5.81. The van der Waals surface area contributed by atoms with Crippen molar-refractivity contribution in [2.75, 3.05) is 13.7 Å². The Kier molecular flexibility index (Phi) is 4.25. The van der Waals surface area contributed by atoms with Crippen molar-refractivity contribution in [2.45, 2.75) is 18.5 Å². The van der Waals surface area contributed by atoms with Gasteiger partial charge in [0.05, 0.1) is 13.3 Å². The number of halogens is 1. The van der Waals surface area contributed by atoms with E-state index in [9.17, 15) is 9.18 Å². The van der Waals surface area contributed by atoms with Gasteiger partial charge in [0.25, 0.3) is 0 Å². The smallest absolute Gasteiger partial charge is 0.362 e. The molecule has 1 aromatic carbocycles. The summed E-state index contributed by atoms with van der Waals surface area (Å²) in [5.41, 5.74) is 6.38. The summed E-state index contributed by atoms with van der Waals surface area (Å²) in [6.07, 6.45) is 5.79. The van der Waals surface area contributed by atoms with Gasteiger partial charge >= 0.3 is 5.97 Å². The first kappa shape index (κ1) is 17.4. The molecule has 1 aliphatic rings. The number of carbonyl (C=O) groups is 1. The van der Waals surface area contributed by atoms with Gasteiger partial charge in [-0.1, -0.05) is 0 Å². The van der Waals surface area contributed by atoms with Crippen molar-refractivity contribution in [1.29, 1.82) is 0 Å². The molecule has 0 saturated carbocycles. The van der Waals surface area contributed by atoms with E-state index in [2.05, 4.69) is 10.1 Å². The summed E-state index contributed by atoms with van der Waals surface area (Å²) < 4.78 is 20.6. The van der Waals surface area contributed by atoms with E-state index in [0.29, 0.717) is 36.3 Å². The largest absolute Gasteiger partial charge is 0.496 e. The number of nitrogens with two attached hydrogens (primary N) is 1. The van der Waals surface area contributed by atoms with Crippen LogP contribution >= 0.6 is 0 Å². The van der Waals surface area contributed by atoms with Crippen LogP contribution in [0.1, 0.15) is 28.8 Å². The first-order chi connectivity index (χ1) is 13.0. The number of benzene rings is 1. The van der Waals surface area contributed by atoms with E-state index in [1.54, 1.807) is 18.5 Å². The Balaban J connectivity index is 1.65. The third-order valence-corrected chi connectivity index (χ3v) is 4.68. The van der Waals surface area contributed by atoms with Gasteiger partial charge in [-0.25, -0.2) is 18.7 Å². The summed E-state index contributed by atoms with van der Waals surface area (Å²) in [6.45, 7) is 0.411. The van der Waals surface area contributed by atoms with Crippen LogP contribution in [0.4, 0.5) is 4.39 Å². The first-order valence-corrected chi connectivity index (χ1v) is 8.44. The van der Waals surface area contributed by atoms with Crippen LogP contribution in [-0.2, 0) is 10.5 Å². The lowest BCUT2D eigenvalue weighted by atomic mass is 9.97. The maximum Gasteiger partial charge on any atom is 0.362 e. The number of hydrogen-bond acceptors (Lipinski definition) is 7. The lowest BCUT2D eigenvalue weighted by molar-refractivity contribution is -0.159. The highest BCUT2D eigenvalue weighted by Crippen LogP contribution is 2.39. The maximum atomic E-state index is 13.8. The third kappa shape index (κ3) is 2.90. The lowest BCUT2D eigenvalue weighted by Gasteiger charge is -2.34. The monoisotopic (exact) mass is 371 g/mol. The number of aromatic nitrogens is 3. The van der Waals surface area contributed by atoms with Crippen LogP contribution in [0.5, 0.6) is 5.75 Å². The van der Waals surface area contributed by atoms with E-state index in [1.807, 2.05) is 0 Å². The number of methoxy groups -OCH3 is 1. The molecule has 0 bridgehead atoms. The lowest BCUT2D eigenvalue weighted by Crippen LogP contribution is -2.49. The quantitative estimate of drug-likeness (QED) is 0.748. The maximum absolute atomic E-state index is 13.8. The predicted molar refractivity (Wildman–Crippen MR) is 93.2 cm³/mol. The number of carbonyl (C=O) groups excluding carboxylic acids is 1. The molecule has 2 N–H and O–H groups in total. The number of hydroxylamine groups is 2. The molecule has 1 fully saturated rings. The molecule has 1 saturated heterocycles. The van der Waals surface area contributed by atoms with Crippen LogP contribution in [0.3, 0.4) is 0 Å². The van der Waals surface area contributed by atoms with Crippen molar-refractivity contribution in [3.8, 4) is 5.75 Å². The molecule has 1 atom stereocenters. The molecule has 0 aliphatic carbocycles. The average Bonchev–Trinajstić information content (AvgIpc) is 3.26. The number of nitrogens with zero attached hydrogens (tertiary/aromatic N) is 4. The van der Waals surface area contributed by atoms with Crippen LogP contribution in [0.2, 0.25) is 0 Å². The number of hydrogen-bond donors (Lipinski definition) is 1. The van der Waals surface area contributed by atoms with Gasteiger partial charge in [-0.15, -0.1) is 5.06 Å². The number of rotatable bonds is 4. The minimum absolute atomic E-state index is 0.219. The summed E-state index contributed by atoms with van der Waals surface area (Å²) in [4.78, 5) is 22.4. The van der Waals surface area contributed by atoms with Crippen molar-refractivity contribution in [3.05, 3.63) is 59.8 Å². The van der Waals surface area contributed by atoms with Crippen LogP contribution in [0.25, 0.3) is 5.65 Å². The highest BCUT2D eigenvalue weighted by Gasteiger charge is 2.44. The number of ether oxygens (including phenoxy) is 1. The average molecular weight is 371 g/mol. The fourth-order valence-corrected chi connectivity index (χ4v) is 3.35. The Morgan fingerprint density at radius 2 is 2.26 bits per heavy atom. The molecule has 1 aliphatic heterocycles. The molecular formula is C18H18FN5O3. The normalized spacial score (nSPS) is 20.1. The van der Waals surface area contributed by atoms with Crippen molar-refractivity contribution in [3.63, 3.8) is 0 Å². The Bertz CT molecular complexity index is 1010. The van der Waals surface area contributed by atoms with E-state index in [0.717, 1.165) is 0 Å². The molecule has 140 valence electrons. The molecule has 3 heterocycles. The standard InChI is InChI=1S/C18H18FN5O3/c1-26-15-5-4-12(19)10-14(15)18(20)6-2-9-24(18)27-17(25)13-11-22-23-8-3-7-21-16(13)23/h3-5,7-8,10-11H,2,6,9,20H2,1H3/t18-/m0/s1. The molecule has 9 heteroatoms. The fraction of sp³-hybridized carbons (Fsp3) is 0.278. The molecular weight excluding hydrogens is 353 g/mol. The molecule has 27 heavy (non-hydrogen) atoms. The Morgan fingerprint density at radius 3 is 3.07 bits per heavy atom. The highest BCUT2D eigenvalue weighted by molar-refractivity contribution is 5.95. The van der Waals surface area contributed by atoms with Gasteiger partial charge in [0.15, 0.2) is 5.65 Å². The van der Waals surface area contributed by atoms with Crippen molar-refractivity contribution < 1.29 is 18.8 Å². The van der Waals surface area contributed by atoms with Crippen LogP contribution < -0.4 is 10.5 Å². The van der Waals surface area contributed by atoms with Crippen molar-refractivity contribution in [2.24, 2.45) is 5.73 Å². The van der Waals surface area contributed by atoms with Gasteiger partial charge in [0.2, 0.25) is 0 Å². The highest BCUT2D eigenvalue weighted by atomic mass is 19.1. The van der Waals surface area contributed by atoms with E-state index < -0.39 is 17.4 Å². The van der Waals surface area contributed by atoms with Gasteiger partial charge in [-0.05, 0) is 37.1 Å². The Labute approximate surface area is 154 Å². The van der Waals surface area contributed by atoms with Gasteiger partial charge < -0.3 is 15.3 Å². The SMILES string of the molecule is COc1ccc(F)cc1[C@]1(N)CCCN1OC(=O)c1cnn2cccnc12. The molecule has 3 aromatic rings. The Morgan fingerprint density at radius 1 is 1.41 bits per heavy atom. The Hall–Kier alpha value is -3.04. The zero-order chi connectivity index (χ0) is 19.0. The summed E-state index contributed by atoms with van der Waals surface area (Å²) in [7, 11) is 1.48. The minimum Gasteiger partial charge on any atom is -0.496 e.